The topological polar surface area (TPSA) is 72.0 Å². The van der Waals surface area contributed by atoms with Crippen molar-refractivity contribution in [1.29, 1.82) is 5.41 Å². The number of nitrogens with zero attached hydrogens (tertiary/aromatic N) is 1. The number of hydrogen-bond donors (Lipinski definition) is 2. The Morgan fingerprint density at radius 3 is 2.93 bits per heavy atom. The summed E-state index contributed by atoms with van der Waals surface area (Å²) in [6, 6.07) is 3.68. The molecule has 0 atom stereocenters. The van der Waals surface area contributed by atoms with Crippen molar-refractivity contribution in [2.24, 2.45) is 5.73 Å². The lowest BCUT2D eigenvalue weighted by Crippen LogP contribution is -2.17. The minimum atomic E-state index is -0.0204. The van der Waals surface area contributed by atoms with Crippen LogP contribution in [0.5, 0.6) is 0 Å². The summed E-state index contributed by atoms with van der Waals surface area (Å²) in [6.45, 7) is 4.37. The molecule has 4 heteroatoms. The second kappa shape index (κ2) is 4.72. The fraction of sp³-hybridized carbons (Fsp3) is 0.400. The predicted octanol–water partition coefficient (Wildman–Crippen LogP) is 1.29. The molecule has 3 N–H and O–H groups in total. The summed E-state index contributed by atoms with van der Waals surface area (Å²) in [4.78, 5) is 4.03. The monoisotopic (exact) mass is 193 g/mol. The summed E-state index contributed by atoms with van der Waals surface area (Å²) in [7, 11) is 0. The summed E-state index contributed by atoms with van der Waals surface area (Å²) >= 11 is 0. The van der Waals surface area contributed by atoms with Crippen LogP contribution >= 0.6 is 0 Å². The van der Waals surface area contributed by atoms with E-state index in [4.69, 9.17) is 15.9 Å². The van der Waals surface area contributed by atoms with Gasteiger partial charge in [-0.1, -0.05) is 6.07 Å². The molecule has 0 saturated carbocycles. The van der Waals surface area contributed by atoms with E-state index in [0.29, 0.717) is 12.3 Å². The van der Waals surface area contributed by atoms with Crippen LogP contribution < -0.4 is 5.73 Å². The maximum Gasteiger partial charge on any atom is 0.142 e. The van der Waals surface area contributed by atoms with E-state index in [-0.39, 0.29) is 11.9 Å². The van der Waals surface area contributed by atoms with E-state index in [1.165, 1.54) is 0 Å². The van der Waals surface area contributed by atoms with Gasteiger partial charge in [0.15, 0.2) is 0 Å². The van der Waals surface area contributed by atoms with Crippen LogP contribution in [0.4, 0.5) is 0 Å². The first kappa shape index (κ1) is 10.7. The normalized spacial score (nSPS) is 10.5. The molecular formula is C10H15N3O. The first-order valence-electron chi connectivity index (χ1n) is 4.51. The summed E-state index contributed by atoms with van der Waals surface area (Å²) in [5.74, 6) is -0.0204. The molecule has 0 aliphatic rings. The van der Waals surface area contributed by atoms with Crippen molar-refractivity contribution in [3.63, 3.8) is 0 Å². The first-order chi connectivity index (χ1) is 6.61. The third-order valence-electron chi connectivity index (χ3n) is 1.72. The van der Waals surface area contributed by atoms with Gasteiger partial charge in [0.1, 0.15) is 11.5 Å². The van der Waals surface area contributed by atoms with Crippen molar-refractivity contribution in [3.05, 3.63) is 29.6 Å². The van der Waals surface area contributed by atoms with E-state index >= 15 is 0 Å². The van der Waals surface area contributed by atoms with E-state index in [2.05, 4.69) is 4.98 Å². The molecule has 0 bridgehead atoms. The number of amidine groups is 1. The molecule has 14 heavy (non-hydrogen) atoms. The Morgan fingerprint density at radius 2 is 2.36 bits per heavy atom. The zero-order chi connectivity index (χ0) is 10.6. The van der Waals surface area contributed by atoms with Crippen molar-refractivity contribution >= 4 is 5.84 Å². The number of pyridine rings is 1. The highest BCUT2D eigenvalue weighted by molar-refractivity contribution is 5.94. The largest absolute Gasteiger partial charge is 0.382 e. The molecule has 0 aliphatic carbocycles. The highest BCUT2D eigenvalue weighted by Gasteiger charge is 2.06. The van der Waals surface area contributed by atoms with Crippen LogP contribution in [0.25, 0.3) is 0 Å². The highest BCUT2D eigenvalue weighted by atomic mass is 16.5. The third-order valence-corrected chi connectivity index (χ3v) is 1.72. The molecule has 0 spiro atoms. The fourth-order valence-corrected chi connectivity index (χ4v) is 1.05. The van der Waals surface area contributed by atoms with Crippen molar-refractivity contribution < 1.29 is 4.74 Å². The minimum absolute atomic E-state index is 0.0204. The summed E-state index contributed by atoms with van der Waals surface area (Å²) in [6.07, 6.45) is 1.78. The molecular weight excluding hydrogens is 178 g/mol. The summed E-state index contributed by atoms with van der Waals surface area (Å²) < 4.78 is 5.43. The number of ether oxygens (including phenoxy) is 1. The Labute approximate surface area is 83.6 Å². The van der Waals surface area contributed by atoms with Gasteiger partial charge in [-0.15, -0.1) is 0 Å². The van der Waals surface area contributed by atoms with Gasteiger partial charge in [0.2, 0.25) is 0 Å². The Kier molecular flexibility index (Phi) is 3.59. The lowest BCUT2D eigenvalue weighted by Gasteiger charge is -2.09. The van der Waals surface area contributed by atoms with Gasteiger partial charge in [0.05, 0.1) is 12.7 Å². The molecule has 0 unspecified atom stereocenters. The summed E-state index contributed by atoms with van der Waals surface area (Å²) in [5.41, 5.74) is 6.75. The Balaban J connectivity index is 2.79. The molecule has 0 aromatic carbocycles. The van der Waals surface area contributed by atoms with Crippen LogP contribution in [-0.4, -0.2) is 16.9 Å². The minimum Gasteiger partial charge on any atom is -0.382 e. The predicted molar refractivity (Wildman–Crippen MR) is 55.2 cm³/mol. The SMILES string of the molecule is CC(C)OCc1cccnc1C(=N)N. The van der Waals surface area contributed by atoms with Gasteiger partial charge in [0, 0.05) is 11.8 Å². The fourth-order valence-electron chi connectivity index (χ4n) is 1.05. The van der Waals surface area contributed by atoms with Crippen LogP contribution in [-0.2, 0) is 11.3 Å². The zero-order valence-corrected chi connectivity index (χ0v) is 8.45. The van der Waals surface area contributed by atoms with Crippen LogP contribution in [0.15, 0.2) is 18.3 Å². The van der Waals surface area contributed by atoms with Crippen LogP contribution in [0, 0.1) is 5.41 Å². The number of rotatable bonds is 4. The van der Waals surface area contributed by atoms with Gasteiger partial charge in [-0.05, 0) is 19.9 Å². The Bertz CT molecular complexity index is 323. The molecule has 0 radical (unpaired) electrons. The van der Waals surface area contributed by atoms with Gasteiger partial charge in [-0.3, -0.25) is 10.4 Å². The maximum absolute atomic E-state index is 7.32. The Morgan fingerprint density at radius 1 is 1.64 bits per heavy atom. The summed E-state index contributed by atoms with van der Waals surface area (Å²) in [5, 5.41) is 7.32. The average molecular weight is 193 g/mol. The van der Waals surface area contributed by atoms with Crippen LogP contribution in [0.3, 0.4) is 0 Å². The highest BCUT2D eigenvalue weighted by Crippen LogP contribution is 2.07. The van der Waals surface area contributed by atoms with E-state index in [1.54, 1.807) is 6.20 Å². The standard InChI is InChI=1S/C10H15N3O/c1-7(2)14-6-8-4-3-5-13-9(8)10(11)12/h3-5,7H,6H2,1-2H3,(H3,11,12). The van der Waals surface area contributed by atoms with Gasteiger partial charge in [0.25, 0.3) is 0 Å². The molecule has 1 aromatic heterocycles. The van der Waals surface area contributed by atoms with Gasteiger partial charge < -0.3 is 10.5 Å². The van der Waals surface area contributed by atoms with Gasteiger partial charge in [-0.25, -0.2) is 0 Å². The number of nitrogens with one attached hydrogen (secondary N) is 1. The molecule has 0 fully saturated rings. The van der Waals surface area contributed by atoms with E-state index in [9.17, 15) is 0 Å². The average Bonchev–Trinajstić information content (AvgIpc) is 2.15. The lowest BCUT2D eigenvalue weighted by atomic mass is 10.2. The maximum atomic E-state index is 7.32. The number of nitrogen functional groups attached to an aromatic ring is 1. The van der Waals surface area contributed by atoms with E-state index in [1.807, 2.05) is 26.0 Å². The molecule has 1 rings (SSSR count). The number of hydrogen-bond acceptors (Lipinski definition) is 3. The van der Waals surface area contributed by atoms with Gasteiger partial charge >= 0.3 is 0 Å². The third kappa shape index (κ3) is 2.81. The second-order valence-electron chi connectivity index (χ2n) is 3.28. The van der Waals surface area contributed by atoms with E-state index in [0.717, 1.165) is 5.56 Å². The number of nitrogens with two attached hydrogens (primary N) is 1. The Hall–Kier alpha value is -1.42. The van der Waals surface area contributed by atoms with Crippen molar-refractivity contribution in [2.45, 2.75) is 26.6 Å². The second-order valence-corrected chi connectivity index (χ2v) is 3.28. The van der Waals surface area contributed by atoms with Crippen LogP contribution in [0.1, 0.15) is 25.1 Å². The molecule has 0 amide bonds. The molecule has 0 saturated heterocycles. The lowest BCUT2D eigenvalue weighted by molar-refractivity contribution is 0.0654. The van der Waals surface area contributed by atoms with Gasteiger partial charge in [-0.2, -0.15) is 0 Å². The zero-order valence-electron chi connectivity index (χ0n) is 8.45. The van der Waals surface area contributed by atoms with Crippen molar-refractivity contribution in [3.8, 4) is 0 Å². The van der Waals surface area contributed by atoms with Crippen molar-refractivity contribution in [1.82, 2.24) is 4.98 Å². The molecule has 0 aliphatic heterocycles. The number of aromatic nitrogens is 1. The quantitative estimate of drug-likeness (QED) is 0.559. The molecule has 1 aromatic rings. The van der Waals surface area contributed by atoms with Crippen molar-refractivity contribution in [2.75, 3.05) is 0 Å². The molecule has 4 nitrogen and oxygen atoms in total. The molecule has 76 valence electrons. The smallest absolute Gasteiger partial charge is 0.142 e. The van der Waals surface area contributed by atoms with E-state index < -0.39 is 0 Å². The first-order valence-corrected chi connectivity index (χ1v) is 4.51. The molecule has 1 heterocycles. The van der Waals surface area contributed by atoms with Crippen LogP contribution in [0.2, 0.25) is 0 Å².